The van der Waals surface area contributed by atoms with E-state index in [0.29, 0.717) is 27.7 Å². The highest BCUT2D eigenvalue weighted by atomic mass is 32.2. The highest BCUT2D eigenvalue weighted by molar-refractivity contribution is 7.75. The fourth-order valence-electron chi connectivity index (χ4n) is 2.58. The molecule has 0 radical (unpaired) electrons. The molecule has 3 aromatic rings. The lowest BCUT2D eigenvalue weighted by Gasteiger charge is -2.15. The standard InChI is InChI=1S/C20H24N6O6S/c1-3-31-20(29)26-33(30)15-6-4-13(5-7-15)24-19-21-8-16(17(25-19)22-12(2)9-27)18-23-14(10-28)11-32-18/h4-8,11-12,27-28,33H,3,9-10H2,1-2H3,(H2,21,22,24,25)/t12-/m1/s1. The number of ether oxygens (including phenoxy) is 1. The molecule has 2 aromatic heterocycles. The van der Waals surface area contributed by atoms with Crippen LogP contribution in [0.25, 0.3) is 11.5 Å². The molecule has 12 nitrogen and oxygen atoms in total. The van der Waals surface area contributed by atoms with E-state index in [4.69, 9.17) is 4.42 Å². The molecule has 0 saturated carbocycles. The van der Waals surface area contributed by atoms with Crippen molar-refractivity contribution >= 4 is 34.1 Å². The first-order chi connectivity index (χ1) is 15.9. The van der Waals surface area contributed by atoms with Gasteiger partial charge >= 0.3 is 6.09 Å². The number of nitrogens with zero attached hydrogens (tertiary/aromatic N) is 4. The van der Waals surface area contributed by atoms with Crippen LogP contribution in [-0.2, 0) is 21.9 Å². The molecule has 1 unspecified atom stereocenters. The van der Waals surface area contributed by atoms with E-state index >= 15 is 0 Å². The van der Waals surface area contributed by atoms with Crippen molar-refractivity contribution in [2.24, 2.45) is 4.36 Å². The van der Waals surface area contributed by atoms with Gasteiger partial charge in [0.1, 0.15) is 17.8 Å². The van der Waals surface area contributed by atoms with Gasteiger partial charge in [-0.25, -0.2) is 19.0 Å². The normalized spacial score (nSPS) is 12.8. The fourth-order valence-corrected chi connectivity index (χ4v) is 3.30. The van der Waals surface area contributed by atoms with E-state index in [9.17, 15) is 19.2 Å². The monoisotopic (exact) mass is 476 g/mol. The predicted molar refractivity (Wildman–Crippen MR) is 121 cm³/mol. The SMILES string of the molecule is CCOC(=O)N=[SH](=O)c1ccc(Nc2ncc(-c3nc(CO)co3)c(N[C@H](C)CO)n2)cc1. The number of hydrogen-bond acceptors (Lipinski definition) is 11. The Hall–Kier alpha value is -3.55. The lowest BCUT2D eigenvalue weighted by Crippen LogP contribution is -2.21. The van der Waals surface area contributed by atoms with Crippen LogP contribution in [-0.4, -0.2) is 54.7 Å². The van der Waals surface area contributed by atoms with Gasteiger partial charge in [-0.2, -0.15) is 4.98 Å². The number of aliphatic hydroxyl groups excluding tert-OH is 2. The summed E-state index contributed by atoms with van der Waals surface area (Å²) in [5.41, 5.74) is 1.42. The molecule has 0 spiro atoms. The number of amides is 1. The van der Waals surface area contributed by atoms with Crippen LogP contribution in [0.5, 0.6) is 0 Å². The second kappa shape index (κ2) is 11.4. The summed E-state index contributed by atoms with van der Waals surface area (Å²) in [6, 6.07) is 6.11. The molecule has 33 heavy (non-hydrogen) atoms. The molecule has 1 amide bonds. The largest absolute Gasteiger partial charge is 0.448 e. The van der Waals surface area contributed by atoms with Gasteiger partial charge < -0.3 is 30.0 Å². The van der Waals surface area contributed by atoms with Crippen LogP contribution < -0.4 is 10.6 Å². The Morgan fingerprint density at radius 3 is 2.67 bits per heavy atom. The summed E-state index contributed by atoms with van der Waals surface area (Å²) in [7, 11) is -2.27. The van der Waals surface area contributed by atoms with Crippen molar-refractivity contribution < 1.29 is 28.4 Å². The first kappa shape index (κ1) is 24.1. The van der Waals surface area contributed by atoms with E-state index in [1.165, 1.54) is 12.5 Å². The number of carbonyl (C=O) groups is 1. The van der Waals surface area contributed by atoms with Gasteiger partial charge in [-0.05, 0) is 38.1 Å². The van der Waals surface area contributed by atoms with Gasteiger partial charge in [-0.15, -0.1) is 4.36 Å². The fraction of sp³-hybridized carbons (Fsp3) is 0.300. The summed E-state index contributed by atoms with van der Waals surface area (Å²) >= 11 is 0. The minimum Gasteiger partial charge on any atom is -0.448 e. The second-order valence-electron chi connectivity index (χ2n) is 6.73. The first-order valence-electron chi connectivity index (χ1n) is 9.96. The molecular weight excluding hydrogens is 452 g/mol. The highest BCUT2D eigenvalue weighted by Gasteiger charge is 2.16. The van der Waals surface area contributed by atoms with Crippen molar-refractivity contribution in [3.8, 4) is 11.5 Å². The summed E-state index contributed by atoms with van der Waals surface area (Å²) in [6.07, 6.45) is 1.96. The molecule has 0 aliphatic rings. The van der Waals surface area contributed by atoms with Crippen LogP contribution in [0.15, 0.2) is 50.4 Å². The van der Waals surface area contributed by atoms with E-state index in [1.54, 1.807) is 38.1 Å². The number of aliphatic hydroxyl groups is 2. The molecular formula is C20H24N6O6S. The molecule has 176 valence electrons. The summed E-state index contributed by atoms with van der Waals surface area (Å²) in [5, 5.41) is 24.7. The zero-order chi connectivity index (χ0) is 23.8. The van der Waals surface area contributed by atoms with Crippen LogP contribution in [0.4, 0.5) is 22.2 Å². The number of hydrogen-bond donors (Lipinski definition) is 5. The summed E-state index contributed by atoms with van der Waals surface area (Å²) < 4.78 is 25.7. The zero-order valence-corrected chi connectivity index (χ0v) is 18.8. The summed E-state index contributed by atoms with van der Waals surface area (Å²) in [6.45, 7) is 3.16. The maximum Gasteiger partial charge on any atom is 0.441 e. The van der Waals surface area contributed by atoms with E-state index in [-0.39, 0.29) is 37.7 Å². The zero-order valence-electron chi connectivity index (χ0n) is 17.9. The van der Waals surface area contributed by atoms with Crippen LogP contribution in [0.2, 0.25) is 0 Å². The van der Waals surface area contributed by atoms with Gasteiger partial charge in [-0.3, -0.25) is 0 Å². The number of anilines is 3. The number of rotatable bonds is 9. The number of thiol groups is 1. The van der Waals surface area contributed by atoms with Gasteiger partial charge in [0, 0.05) is 22.8 Å². The first-order valence-corrected chi connectivity index (χ1v) is 11.2. The number of benzene rings is 1. The van der Waals surface area contributed by atoms with Gasteiger partial charge in [0.2, 0.25) is 11.8 Å². The van der Waals surface area contributed by atoms with E-state index in [2.05, 4.69) is 34.7 Å². The number of carbonyl (C=O) groups excluding carboxylic acids is 1. The maximum absolute atomic E-state index is 12.1. The Labute approximate surface area is 191 Å². The van der Waals surface area contributed by atoms with E-state index < -0.39 is 16.7 Å². The lowest BCUT2D eigenvalue weighted by molar-refractivity contribution is 0.164. The van der Waals surface area contributed by atoms with Crippen LogP contribution in [0.1, 0.15) is 19.5 Å². The van der Waals surface area contributed by atoms with Gasteiger partial charge in [0.25, 0.3) is 0 Å². The summed E-state index contributed by atoms with van der Waals surface area (Å²) in [4.78, 5) is 24.6. The van der Waals surface area contributed by atoms with Crippen molar-refractivity contribution in [1.29, 1.82) is 0 Å². The molecule has 0 aliphatic heterocycles. The van der Waals surface area contributed by atoms with Gasteiger partial charge in [0.15, 0.2) is 0 Å². The average Bonchev–Trinajstić information content (AvgIpc) is 3.29. The number of oxazole rings is 1. The van der Waals surface area contributed by atoms with Crippen LogP contribution in [0, 0.1) is 0 Å². The van der Waals surface area contributed by atoms with E-state index in [1.807, 2.05) is 0 Å². The average molecular weight is 477 g/mol. The quantitative estimate of drug-likeness (QED) is 0.287. The number of nitrogens with one attached hydrogen (secondary N) is 2. The molecule has 13 heteroatoms. The molecule has 2 heterocycles. The molecule has 2 atom stereocenters. The van der Waals surface area contributed by atoms with Crippen molar-refractivity contribution in [2.45, 2.75) is 31.4 Å². The van der Waals surface area contributed by atoms with Crippen molar-refractivity contribution in [1.82, 2.24) is 15.0 Å². The lowest BCUT2D eigenvalue weighted by atomic mass is 10.2. The molecule has 1 aromatic carbocycles. The van der Waals surface area contributed by atoms with Gasteiger partial charge in [0.05, 0.1) is 36.0 Å². The second-order valence-corrected chi connectivity index (χ2v) is 7.99. The topological polar surface area (TPSA) is 172 Å². The Morgan fingerprint density at radius 2 is 2.03 bits per heavy atom. The third-order valence-electron chi connectivity index (χ3n) is 4.17. The van der Waals surface area contributed by atoms with E-state index in [0.717, 1.165) is 0 Å². The van der Waals surface area contributed by atoms with Crippen LogP contribution in [0.3, 0.4) is 0 Å². The third kappa shape index (κ3) is 6.47. The summed E-state index contributed by atoms with van der Waals surface area (Å²) in [5.74, 6) is 0.832. The third-order valence-corrected chi connectivity index (χ3v) is 5.26. The predicted octanol–water partition coefficient (Wildman–Crippen LogP) is 2.34. The Morgan fingerprint density at radius 1 is 1.27 bits per heavy atom. The highest BCUT2D eigenvalue weighted by Crippen LogP contribution is 2.27. The molecule has 4 N–H and O–H groups in total. The smallest absolute Gasteiger partial charge is 0.441 e. The Kier molecular flexibility index (Phi) is 8.29. The Balaban J connectivity index is 1.82. The van der Waals surface area contributed by atoms with Crippen molar-refractivity contribution in [3.05, 3.63) is 42.4 Å². The molecule has 3 rings (SSSR count). The van der Waals surface area contributed by atoms with Gasteiger partial charge in [-0.1, -0.05) is 0 Å². The maximum atomic E-state index is 12.1. The molecule has 0 saturated heterocycles. The van der Waals surface area contributed by atoms with Crippen LogP contribution >= 0.6 is 0 Å². The van der Waals surface area contributed by atoms with Crippen molar-refractivity contribution in [3.63, 3.8) is 0 Å². The molecule has 0 aliphatic carbocycles. The van der Waals surface area contributed by atoms with Crippen molar-refractivity contribution in [2.75, 3.05) is 23.8 Å². The minimum atomic E-state index is -2.27. The number of aromatic nitrogens is 3. The Bertz CT molecular complexity index is 1180. The minimum absolute atomic E-state index is 0.129. The molecule has 0 bridgehead atoms. The molecule has 0 fully saturated rings.